The van der Waals surface area contributed by atoms with E-state index in [1.54, 1.807) is 12.3 Å². The molecule has 0 aliphatic carbocycles. The Morgan fingerprint density at radius 1 is 1.26 bits per heavy atom. The number of amides is 2. The summed E-state index contributed by atoms with van der Waals surface area (Å²) < 4.78 is 1.94. The quantitative estimate of drug-likeness (QED) is 0.679. The van der Waals surface area contributed by atoms with Gasteiger partial charge < -0.3 is 15.2 Å². The fourth-order valence-electron chi connectivity index (χ4n) is 2.56. The molecular formula is C20H22N4O2S. The molecule has 0 aliphatic rings. The lowest BCUT2D eigenvalue weighted by Crippen LogP contribution is -2.32. The monoisotopic (exact) mass is 382 g/mol. The maximum atomic E-state index is 12.1. The Kier molecular flexibility index (Phi) is 5.71. The largest absolute Gasteiger partial charge is 0.351 e. The van der Waals surface area contributed by atoms with Gasteiger partial charge in [-0.2, -0.15) is 0 Å². The second-order valence-electron chi connectivity index (χ2n) is 6.58. The van der Waals surface area contributed by atoms with Crippen molar-refractivity contribution in [1.82, 2.24) is 14.9 Å². The van der Waals surface area contributed by atoms with Gasteiger partial charge in [0.1, 0.15) is 0 Å². The normalized spacial score (nSPS) is 10.8. The minimum Gasteiger partial charge on any atom is -0.351 e. The number of nitrogens with zero attached hydrogens (tertiary/aromatic N) is 2. The first-order valence-corrected chi connectivity index (χ1v) is 9.58. The molecule has 2 heterocycles. The Balaban J connectivity index is 1.54. The Morgan fingerprint density at radius 3 is 2.78 bits per heavy atom. The zero-order valence-corrected chi connectivity index (χ0v) is 16.3. The fourth-order valence-corrected chi connectivity index (χ4v) is 3.30. The molecule has 140 valence electrons. The van der Waals surface area contributed by atoms with Crippen LogP contribution in [0, 0.1) is 6.92 Å². The Morgan fingerprint density at radius 2 is 2.07 bits per heavy atom. The molecule has 0 unspecified atom stereocenters. The first-order chi connectivity index (χ1) is 12.9. The molecule has 0 bridgehead atoms. The molecular weight excluding hydrogens is 360 g/mol. The van der Waals surface area contributed by atoms with Crippen LogP contribution in [0.25, 0.3) is 11.3 Å². The minimum atomic E-state index is -0.309. The maximum absolute atomic E-state index is 12.1. The number of carbonyl (C=O) groups is 2. The van der Waals surface area contributed by atoms with E-state index in [1.807, 2.05) is 61.2 Å². The highest BCUT2D eigenvalue weighted by Crippen LogP contribution is 2.25. The second-order valence-corrected chi connectivity index (χ2v) is 7.44. The Bertz CT molecular complexity index is 958. The number of hydrogen-bond acceptors (Lipinski definition) is 4. The third-order valence-corrected chi connectivity index (χ3v) is 4.80. The molecule has 7 heteroatoms. The van der Waals surface area contributed by atoms with E-state index in [2.05, 4.69) is 15.6 Å². The lowest BCUT2D eigenvalue weighted by Gasteiger charge is -2.06. The van der Waals surface area contributed by atoms with E-state index in [-0.39, 0.29) is 24.4 Å². The van der Waals surface area contributed by atoms with Crippen LogP contribution in [0.5, 0.6) is 0 Å². The van der Waals surface area contributed by atoms with Gasteiger partial charge in [0.2, 0.25) is 5.91 Å². The van der Waals surface area contributed by atoms with Crippen molar-refractivity contribution >= 4 is 28.3 Å². The number of aromatic nitrogens is 2. The lowest BCUT2D eigenvalue weighted by atomic mass is 10.1. The number of rotatable bonds is 6. The van der Waals surface area contributed by atoms with E-state index < -0.39 is 0 Å². The molecule has 2 aromatic heterocycles. The average molecular weight is 382 g/mol. The first-order valence-electron chi connectivity index (χ1n) is 8.70. The number of carbonyl (C=O) groups excluding carboxylic acids is 2. The van der Waals surface area contributed by atoms with Crippen molar-refractivity contribution in [3.8, 4) is 11.3 Å². The number of aryl methyl sites for hydroxylation is 1. The van der Waals surface area contributed by atoms with Gasteiger partial charge in [-0.05, 0) is 32.9 Å². The molecule has 0 spiro atoms. The van der Waals surface area contributed by atoms with E-state index in [9.17, 15) is 9.59 Å². The summed E-state index contributed by atoms with van der Waals surface area (Å²) in [6, 6.07) is 10.0. The van der Waals surface area contributed by atoms with E-state index in [1.165, 1.54) is 11.3 Å². The Hall–Kier alpha value is -2.93. The molecule has 2 amide bonds. The van der Waals surface area contributed by atoms with Crippen LogP contribution in [-0.2, 0) is 4.79 Å². The lowest BCUT2D eigenvalue weighted by molar-refractivity contribution is -0.115. The summed E-state index contributed by atoms with van der Waals surface area (Å²) in [4.78, 5) is 28.7. The summed E-state index contributed by atoms with van der Waals surface area (Å²) in [7, 11) is 0. The third kappa shape index (κ3) is 4.83. The van der Waals surface area contributed by atoms with Crippen molar-refractivity contribution in [2.24, 2.45) is 0 Å². The summed E-state index contributed by atoms with van der Waals surface area (Å²) in [5.41, 5.74) is 3.51. The van der Waals surface area contributed by atoms with Crippen LogP contribution in [0.2, 0.25) is 0 Å². The van der Waals surface area contributed by atoms with E-state index in [0.29, 0.717) is 10.7 Å². The van der Waals surface area contributed by atoms with Gasteiger partial charge in [-0.3, -0.25) is 9.59 Å². The molecule has 27 heavy (non-hydrogen) atoms. The maximum Gasteiger partial charge on any atom is 0.253 e. The molecule has 3 aromatic rings. The smallest absolute Gasteiger partial charge is 0.253 e. The highest BCUT2D eigenvalue weighted by Gasteiger charge is 2.12. The van der Waals surface area contributed by atoms with Crippen molar-refractivity contribution in [3.05, 3.63) is 59.2 Å². The number of nitrogens with one attached hydrogen (secondary N) is 2. The standard InChI is InChI=1S/C20H22N4O2S/c1-13(2)24-8-7-16(11-24)19(26)21-10-18(25)23-20-22-17(12-27-20)15-6-4-5-14(3)9-15/h4-9,11-13H,10H2,1-3H3,(H,21,26)(H,22,23,25). The summed E-state index contributed by atoms with van der Waals surface area (Å²) in [5.74, 6) is -0.582. The van der Waals surface area contributed by atoms with Crippen molar-refractivity contribution in [2.75, 3.05) is 11.9 Å². The predicted octanol–water partition coefficient (Wildman–Crippen LogP) is 3.87. The fraction of sp³-hybridized carbons (Fsp3) is 0.250. The molecule has 0 saturated heterocycles. The molecule has 0 radical (unpaired) electrons. The van der Waals surface area contributed by atoms with E-state index >= 15 is 0 Å². The van der Waals surface area contributed by atoms with Crippen LogP contribution in [0.1, 0.15) is 35.8 Å². The zero-order chi connectivity index (χ0) is 19.4. The van der Waals surface area contributed by atoms with Crippen molar-refractivity contribution < 1.29 is 9.59 Å². The number of thiazole rings is 1. The predicted molar refractivity (Wildman–Crippen MR) is 108 cm³/mol. The number of anilines is 1. The molecule has 6 nitrogen and oxygen atoms in total. The van der Waals surface area contributed by atoms with Crippen molar-refractivity contribution in [1.29, 1.82) is 0 Å². The van der Waals surface area contributed by atoms with Gasteiger partial charge in [-0.25, -0.2) is 4.98 Å². The molecule has 0 atom stereocenters. The second kappa shape index (κ2) is 8.18. The Labute approximate surface area is 162 Å². The minimum absolute atomic E-state index is 0.106. The molecule has 0 aliphatic heterocycles. The highest BCUT2D eigenvalue weighted by molar-refractivity contribution is 7.14. The van der Waals surface area contributed by atoms with Gasteiger partial charge in [-0.15, -0.1) is 11.3 Å². The van der Waals surface area contributed by atoms with Crippen LogP contribution >= 0.6 is 11.3 Å². The van der Waals surface area contributed by atoms with Gasteiger partial charge >= 0.3 is 0 Å². The van der Waals surface area contributed by atoms with Crippen molar-refractivity contribution in [3.63, 3.8) is 0 Å². The van der Waals surface area contributed by atoms with Crippen LogP contribution in [0.15, 0.2) is 48.1 Å². The van der Waals surface area contributed by atoms with Crippen LogP contribution in [-0.4, -0.2) is 27.9 Å². The van der Waals surface area contributed by atoms with Crippen LogP contribution in [0.4, 0.5) is 5.13 Å². The van der Waals surface area contributed by atoms with Crippen LogP contribution < -0.4 is 10.6 Å². The average Bonchev–Trinajstić information content (AvgIpc) is 3.29. The summed E-state index contributed by atoms with van der Waals surface area (Å²) in [5, 5.41) is 7.77. The summed E-state index contributed by atoms with van der Waals surface area (Å²) in [6.07, 6.45) is 3.62. The van der Waals surface area contributed by atoms with Gasteiger partial charge in [0.25, 0.3) is 5.91 Å². The summed E-state index contributed by atoms with van der Waals surface area (Å²) >= 11 is 1.36. The number of benzene rings is 1. The molecule has 2 N–H and O–H groups in total. The van der Waals surface area contributed by atoms with Crippen molar-refractivity contribution in [2.45, 2.75) is 26.8 Å². The SMILES string of the molecule is Cc1cccc(-c2csc(NC(=O)CNC(=O)c3ccn(C(C)C)c3)n2)c1. The molecule has 0 saturated carbocycles. The van der Waals surface area contributed by atoms with E-state index in [4.69, 9.17) is 0 Å². The third-order valence-electron chi connectivity index (χ3n) is 4.05. The van der Waals surface area contributed by atoms with Crippen LogP contribution in [0.3, 0.4) is 0 Å². The molecule has 0 fully saturated rings. The number of hydrogen-bond donors (Lipinski definition) is 2. The molecule has 3 rings (SSSR count). The first kappa shape index (κ1) is 18.8. The highest BCUT2D eigenvalue weighted by atomic mass is 32.1. The topological polar surface area (TPSA) is 76.0 Å². The zero-order valence-electron chi connectivity index (χ0n) is 15.5. The van der Waals surface area contributed by atoms with Gasteiger partial charge in [0.15, 0.2) is 5.13 Å². The van der Waals surface area contributed by atoms with E-state index in [0.717, 1.165) is 16.8 Å². The molecule has 1 aromatic carbocycles. The van der Waals surface area contributed by atoms with Gasteiger partial charge in [0, 0.05) is 29.4 Å². The van der Waals surface area contributed by atoms with Gasteiger partial charge in [0.05, 0.1) is 17.8 Å². The van der Waals surface area contributed by atoms with Gasteiger partial charge in [-0.1, -0.05) is 23.8 Å². The summed E-state index contributed by atoms with van der Waals surface area (Å²) in [6.45, 7) is 5.99.